The summed E-state index contributed by atoms with van der Waals surface area (Å²) in [7, 11) is 1.63. The largest absolute Gasteiger partial charge is 0.497 e. The van der Waals surface area contributed by atoms with Gasteiger partial charge >= 0.3 is 0 Å². The first-order chi connectivity index (χ1) is 8.19. The number of ketones is 1. The van der Waals surface area contributed by atoms with Gasteiger partial charge in [0.2, 0.25) is 0 Å². The van der Waals surface area contributed by atoms with E-state index in [1.165, 1.54) is 0 Å². The summed E-state index contributed by atoms with van der Waals surface area (Å²) in [4.78, 5) is 11.8. The van der Waals surface area contributed by atoms with Crippen LogP contribution >= 0.6 is 23.5 Å². The van der Waals surface area contributed by atoms with Crippen molar-refractivity contribution in [2.45, 2.75) is 6.42 Å². The van der Waals surface area contributed by atoms with Crippen molar-refractivity contribution < 1.29 is 9.53 Å². The summed E-state index contributed by atoms with van der Waals surface area (Å²) in [6, 6.07) is 7.58. The van der Waals surface area contributed by atoms with Gasteiger partial charge in [-0.3, -0.25) is 4.79 Å². The van der Waals surface area contributed by atoms with Crippen LogP contribution in [-0.2, 0) is 11.2 Å². The fraction of sp³-hybridized carbons (Fsp3) is 0.308. The van der Waals surface area contributed by atoms with Crippen molar-refractivity contribution in [2.75, 3.05) is 19.6 Å². The molecule has 4 heteroatoms. The first kappa shape index (κ1) is 14.2. The van der Waals surface area contributed by atoms with Gasteiger partial charge in [0.05, 0.1) is 7.11 Å². The lowest BCUT2D eigenvalue weighted by atomic mass is 10.1. The topological polar surface area (TPSA) is 26.3 Å². The molecule has 0 aliphatic heterocycles. The van der Waals surface area contributed by atoms with Crippen molar-refractivity contribution in [3.8, 4) is 5.75 Å². The molecule has 0 atom stereocenters. The third-order valence-electron chi connectivity index (χ3n) is 2.22. The molecule has 0 aliphatic rings. The first-order valence-electron chi connectivity index (χ1n) is 5.15. The lowest BCUT2D eigenvalue weighted by Gasteiger charge is -2.02. The Labute approximate surface area is 111 Å². The Morgan fingerprint density at radius 2 is 1.82 bits per heavy atom. The van der Waals surface area contributed by atoms with Crippen molar-refractivity contribution in [3.63, 3.8) is 0 Å². The smallest absolute Gasteiger partial charge is 0.161 e. The average Bonchev–Trinajstić information content (AvgIpc) is 2.37. The molecule has 0 amide bonds. The summed E-state index contributed by atoms with van der Waals surface area (Å²) >= 11 is 3.20. The maximum atomic E-state index is 11.8. The van der Waals surface area contributed by atoms with Crippen molar-refractivity contribution >= 4 is 29.3 Å². The second-order valence-corrected chi connectivity index (χ2v) is 5.32. The van der Waals surface area contributed by atoms with Crippen LogP contribution in [0.2, 0.25) is 0 Å². The number of benzene rings is 1. The number of methoxy groups -OCH3 is 1. The number of ether oxygens (including phenoxy) is 1. The van der Waals surface area contributed by atoms with Crippen LogP contribution in [0.1, 0.15) is 5.56 Å². The van der Waals surface area contributed by atoms with Crippen molar-refractivity contribution in [2.24, 2.45) is 0 Å². The molecule has 0 aromatic heterocycles. The van der Waals surface area contributed by atoms with Crippen LogP contribution in [0.4, 0.5) is 0 Å². The van der Waals surface area contributed by atoms with Gasteiger partial charge in [-0.25, -0.2) is 0 Å². The molecule has 0 aliphatic carbocycles. The summed E-state index contributed by atoms with van der Waals surface area (Å²) < 4.78 is 6.11. The second kappa shape index (κ2) is 7.45. The molecule has 2 nitrogen and oxygen atoms in total. The maximum absolute atomic E-state index is 11.8. The van der Waals surface area contributed by atoms with Crippen LogP contribution in [0.5, 0.6) is 5.75 Å². The van der Waals surface area contributed by atoms with E-state index in [-0.39, 0.29) is 5.78 Å². The molecule has 1 aromatic carbocycles. The highest BCUT2D eigenvalue weighted by Crippen LogP contribution is 2.23. The number of allylic oxidation sites excluding steroid dienone is 1. The predicted octanol–water partition coefficient (Wildman–Crippen LogP) is 3.37. The van der Waals surface area contributed by atoms with Gasteiger partial charge < -0.3 is 4.74 Å². The Morgan fingerprint density at radius 1 is 1.24 bits per heavy atom. The SMILES string of the molecule is COc1ccc(CC(=O)C=C(SC)SC)cc1. The monoisotopic (exact) mass is 268 g/mol. The zero-order chi connectivity index (χ0) is 12.7. The Balaban J connectivity index is 2.64. The van der Waals surface area contributed by atoms with E-state index in [0.29, 0.717) is 6.42 Å². The van der Waals surface area contributed by atoms with E-state index in [4.69, 9.17) is 4.74 Å². The van der Waals surface area contributed by atoms with Crippen molar-refractivity contribution in [1.82, 2.24) is 0 Å². The van der Waals surface area contributed by atoms with Gasteiger partial charge in [-0.1, -0.05) is 12.1 Å². The average molecular weight is 268 g/mol. The summed E-state index contributed by atoms with van der Waals surface area (Å²) in [5.41, 5.74) is 1.01. The van der Waals surface area contributed by atoms with Crippen LogP contribution in [-0.4, -0.2) is 25.4 Å². The van der Waals surface area contributed by atoms with Gasteiger partial charge in [0, 0.05) is 16.7 Å². The maximum Gasteiger partial charge on any atom is 0.161 e. The molecule has 1 rings (SSSR count). The second-order valence-electron chi connectivity index (χ2n) is 3.36. The van der Waals surface area contributed by atoms with Gasteiger partial charge in [-0.15, -0.1) is 23.5 Å². The predicted molar refractivity (Wildman–Crippen MR) is 76.8 cm³/mol. The van der Waals surface area contributed by atoms with Crippen molar-refractivity contribution in [1.29, 1.82) is 0 Å². The Hall–Kier alpha value is -0.870. The Morgan fingerprint density at radius 3 is 2.29 bits per heavy atom. The molecular weight excluding hydrogens is 252 g/mol. The first-order valence-corrected chi connectivity index (χ1v) is 7.60. The van der Waals surface area contributed by atoms with Crippen LogP contribution in [0.3, 0.4) is 0 Å². The highest BCUT2D eigenvalue weighted by atomic mass is 32.2. The fourth-order valence-electron chi connectivity index (χ4n) is 1.33. The molecule has 17 heavy (non-hydrogen) atoms. The van der Waals surface area contributed by atoms with Crippen molar-refractivity contribution in [3.05, 3.63) is 40.1 Å². The molecule has 0 heterocycles. The number of carbonyl (C=O) groups excluding carboxylic acids is 1. The molecule has 1 aromatic rings. The molecule has 92 valence electrons. The normalized spacial score (nSPS) is 9.82. The molecule has 0 spiro atoms. The molecule has 0 N–H and O–H groups in total. The standard InChI is InChI=1S/C13H16O2S2/c1-15-12-6-4-10(5-7-12)8-11(14)9-13(16-2)17-3/h4-7,9H,8H2,1-3H3. The minimum absolute atomic E-state index is 0.133. The number of hydrogen-bond acceptors (Lipinski definition) is 4. The Kier molecular flexibility index (Phi) is 6.22. The van der Waals surface area contributed by atoms with Gasteiger partial charge in [-0.05, 0) is 30.2 Å². The number of rotatable bonds is 6. The lowest BCUT2D eigenvalue weighted by Crippen LogP contribution is -1.99. The number of thioether (sulfide) groups is 2. The molecule has 0 radical (unpaired) electrons. The number of carbonyl (C=O) groups is 1. The van der Waals surface area contributed by atoms with Crippen LogP contribution in [0, 0.1) is 0 Å². The molecule has 0 saturated heterocycles. The fourth-order valence-corrected chi connectivity index (χ4v) is 2.49. The number of hydrogen-bond donors (Lipinski definition) is 0. The van der Waals surface area contributed by atoms with E-state index in [9.17, 15) is 4.79 Å². The summed E-state index contributed by atoms with van der Waals surface area (Å²) in [5, 5.41) is 0. The van der Waals surface area contributed by atoms with Gasteiger partial charge in [0.15, 0.2) is 5.78 Å². The van der Waals surface area contributed by atoms with E-state index in [2.05, 4.69) is 0 Å². The summed E-state index contributed by atoms with van der Waals surface area (Å²) in [6.07, 6.45) is 6.10. The molecule has 0 saturated carbocycles. The molecule has 0 bridgehead atoms. The lowest BCUT2D eigenvalue weighted by molar-refractivity contribution is -0.114. The van der Waals surface area contributed by atoms with E-state index in [0.717, 1.165) is 15.6 Å². The van der Waals surface area contributed by atoms with E-state index in [1.807, 2.05) is 36.8 Å². The van der Waals surface area contributed by atoms with E-state index < -0.39 is 0 Å². The quantitative estimate of drug-likeness (QED) is 0.739. The zero-order valence-electron chi connectivity index (χ0n) is 10.2. The van der Waals surface area contributed by atoms with Gasteiger partial charge in [0.1, 0.15) is 5.75 Å². The van der Waals surface area contributed by atoms with Crippen LogP contribution < -0.4 is 4.74 Å². The van der Waals surface area contributed by atoms with E-state index >= 15 is 0 Å². The minimum atomic E-state index is 0.133. The Bertz CT molecular complexity index is 390. The summed E-state index contributed by atoms with van der Waals surface area (Å²) in [6.45, 7) is 0. The molecular formula is C13H16O2S2. The third kappa shape index (κ3) is 4.88. The van der Waals surface area contributed by atoms with Crippen LogP contribution in [0.25, 0.3) is 0 Å². The van der Waals surface area contributed by atoms with Gasteiger partial charge in [0.25, 0.3) is 0 Å². The highest BCUT2D eigenvalue weighted by molar-refractivity contribution is 8.21. The minimum Gasteiger partial charge on any atom is -0.497 e. The third-order valence-corrected chi connectivity index (χ3v) is 4.26. The summed E-state index contributed by atoms with van der Waals surface area (Å²) in [5.74, 6) is 0.944. The van der Waals surface area contributed by atoms with Gasteiger partial charge in [-0.2, -0.15) is 0 Å². The molecule has 0 fully saturated rings. The zero-order valence-corrected chi connectivity index (χ0v) is 11.9. The highest BCUT2D eigenvalue weighted by Gasteiger charge is 2.03. The van der Waals surface area contributed by atoms with E-state index in [1.54, 1.807) is 36.7 Å². The molecule has 0 unspecified atom stereocenters. The van der Waals surface area contributed by atoms with Crippen LogP contribution in [0.15, 0.2) is 34.6 Å².